The van der Waals surface area contributed by atoms with Gasteiger partial charge in [-0.15, -0.1) is 0 Å². The Morgan fingerprint density at radius 3 is 2.78 bits per heavy atom. The van der Waals surface area contributed by atoms with Crippen molar-refractivity contribution in [2.75, 3.05) is 27.2 Å². The zero-order valence-corrected chi connectivity index (χ0v) is 13.3. The van der Waals surface area contributed by atoms with Crippen LogP contribution in [0.5, 0.6) is 0 Å². The van der Waals surface area contributed by atoms with E-state index >= 15 is 0 Å². The van der Waals surface area contributed by atoms with Gasteiger partial charge >= 0.3 is 0 Å². The number of benzene rings is 1. The molecule has 1 rings (SSSR count). The Hall–Kier alpha value is -0.730. The molecular formula is C12H16IN3OS. The first-order chi connectivity index (χ1) is 8.49. The molecule has 6 heteroatoms. The fourth-order valence-electron chi connectivity index (χ4n) is 1.24. The van der Waals surface area contributed by atoms with Crippen molar-refractivity contribution in [2.24, 2.45) is 0 Å². The van der Waals surface area contributed by atoms with Crippen molar-refractivity contribution in [3.8, 4) is 0 Å². The zero-order valence-electron chi connectivity index (χ0n) is 10.4. The van der Waals surface area contributed by atoms with Crippen molar-refractivity contribution < 1.29 is 4.79 Å². The van der Waals surface area contributed by atoms with Crippen molar-refractivity contribution in [1.82, 2.24) is 15.5 Å². The molecular weight excluding hydrogens is 361 g/mol. The van der Waals surface area contributed by atoms with Gasteiger partial charge in [-0.2, -0.15) is 0 Å². The maximum atomic E-state index is 11.9. The zero-order chi connectivity index (χ0) is 13.5. The Balaban J connectivity index is 2.42. The highest BCUT2D eigenvalue weighted by Crippen LogP contribution is 2.07. The van der Waals surface area contributed by atoms with Gasteiger partial charge in [0.15, 0.2) is 5.11 Å². The van der Waals surface area contributed by atoms with E-state index in [1.165, 1.54) is 0 Å². The average molecular weight is 377 g/mol. The van der Waals surface area contributed by atoms with E-state index in [1.807, 2.05) is 37.2 Å². The lowest BCUT2D eigenvalue weighted by molar-refractivity contribution is 0.0976. The van der Waals surface area contributed by atoms with Crippen LogP contribution >= 0.6 is 34.8 Å². The third-order valence-electron chi connectivity index (χ3n) is 2.16. The summed E-state index contributed by atoms with van der Waals surface area (Å²) >= 11 is 7.22. The van der Waals surface area contributed by atoms with Crippen LogP contribution in [0.1, 0.15) is 10.4 Å². The second kappa shape index (κ2) is 7.65. The standard InChI is InChI=1S/C12H16IN3OS/c1-16(2)7-6-14-12(18)15-11(17)9-4-3-5-10(13)8-9/h3-5,8H,6-7H2,1-2H3,(H2,14,15,17,18). The number of nitrogens with zero attached hydrogens (tertiary/aromatic N) is 1. The molecule has 0 bridgehead atoms. The molecule has 0 fully saturated rings. The van der Waals surface area contributed by atoms with Crippen molar-refractivity contribution in [3.63, 3.8) is 0 Å². The second-order valence-corrected chi connectivity index (χ2v) is 5.68. The second-order valence-electron chi connectivity index (χ2n) is 4.02. The summed E-state index contributed by atoms with van der Waals surface area (Å²) in [6.45, 7) is 1.57. The van der Waals surface area contributed by atoms with E-state index in [-0.39, 0.29) is 5.91 Å². The third kappa shape index (κ3) is 5.74. The summed E-state index contributed by atoms with van der Waals surface area (Å²) < 4.78 is 1.02. The minimum absolute atomic E-state index is 0.184. The van der Waals surface area contributed by atoms with Crippen molar-refractivity contribution >= 4 is 45.8 Å². The molecule has 0 aromatic heterocycles. The lowest BCUT2D eigenvalue weighted by Crippen LogP contribution is -2.41. The molecule has 98 valence electrons. The lowest BCUT2D eigenvalue weighted by atomic mass is 10.2. The van der Waals surface area contributed by atoms with Crippen LogP contribution < -0.4 is 10.6 Å². The molecule has 0 saturated carbocycles. The van der Waals surface area contributed by atoms with E-state index in [0.717, 1.165) is 10.1 Å². The number of carbonyl (C=O) groups is 1. The molecule has 18 heavy (non-hydrogen) atoms. The molecule has 0 saturated heterocycles. The topological polar surface area (TPSA) is 44.4 Å². The molecule has 4 nitrogen and oxygen atoms in total. The molecule has 0 aliphatic heterocycles. The fourth-order valence-corrected chi connectivity index (χ4v) is 1.98. The number of nitrogens with one attached hydrogen (secondary N) is 2. The van der Waals surface area contributed by atoms with Gasteiger partial charge < -0.3 is 10.2 Å². The quantitative estimate of drug-likeness (QED) is 0.616. The van der Waals surface area contributed by atoms with Gasteiger partial charge in [0, 0.05) is 22.2 Å². The molecule has 0 heterocycles. The van der Waals surface area contributed by atoms with Gasteiger partial charge in [0.2, 0.25) is 0 Å². The number of hydrogen-bond donors (Lipinski definition) is 2. The van der Waals surface area contributed by atoms with Crippen LogP contribution in [0, 0.1) is 3.57 Å². The van der Waals surface area contributed by atoms with E-state index in [0.29, 0.717) is 17.2 Å². The Labute approximate surface area is 126 Å². The van der Waals surface area contributed by atoms with Crippen LogP contribution in [0.25, 0.3) is 0 Å². The SMILES string of the molecule is CN(C)CCNC(=S)NC(=O)c1cccc(I)c1. The summed E-state index contributed by atoms with van der Waals surface area (Å²) in [6.07, 6.45) is 0. The first kappa shape index (κ1) is 15.3. The number of thiocarbonyl (C=S) groups is 1. The summed E-state index contributed by atoms with van der Waals surface area (Å²) in [7, 11) is 3.96. The molecule has 1 aromatic carbocycles. The Morgan fingerprint density at radius 2 is 2.17 bits per heavy atom. The van der Waals surface area contributed by atoms with E-state index < -0.39 is 0 Å². The first-order valence-electron chi connectivity index (χ1n) is 5.48. The Bertz CT molecular complexity index is 437. The summed E-state index contributed by atoms with van der Waals surface area (Å²) in [6, 6.07) is 7.36. The van der Waals surface area contributed by atoms with Gasteiger partial charge in [-0.25, -0.2) is 0 Å². The number of rotatable bonds is 4. The minimum atomic E-state index is -0.184. The molecule has 1 aromatic rings. The Kier molecular flexibility index (Phi) is 6.51. The largest absolute Gasteiger partial charge is 0.361 e. The highest BCUT2D eigenvalue weighted by Gasteiger charge is 2.07. The number of likely N-dealkylation sites (N-methyl/N-ethyl adjacent to an activating group) is 1. The van der Waals surface area contributed by atoms with Crippen LogP contribution in [0.2, 0.25) is 0 Å². The molecule has 0 atom stereocenters. The maximum Gasteiger partial charge on any atom is 0.257 e. The molecule has 0 radical (unpaired) electrons. The summed E-state index contributed by atoms with van der Waals surface area (Å²) in [5, 5.41) is 6.00. The molecule has 0 aliphatic carbocycles. The van der Waals surface area contributed by atoms with E-state index in [1.54, 1.807) is 6.07 Å². The average Bonchev–Trinajstić information content (AvgIpc) is 2.28. The van der Waals surface area contributed by atoms with Crippen LogP contribution in [-0.4, -0.2) is 43.1 Å². The highest BCUT2D eigenvalue weighted by molar-refractivity contribution is 14.1. The predicted molar refractivity (Wildman–Crippen MR) is 85.8 cm³/mol. The van der Waals surface area contributed by atoms with Gasteiger partial charge in [0.05, 0.1) is 0 Å². The Morgan fingerprint density at radius 1 is 1.44 bits per heavy atom. The summed E-state index contributed by atoms with van der Waals surface area (Å²) in [5.74, 6) is -0.184. The fraction of sp³-hybridized carbons (Fsp3) is 0.333. The van der Waals surface area contributed by atoms with Crippen LogP contribution in [-0.2, 0) is 0 Å². The molecule has 1 amide bonds. The van der Waals surface area contributed by atoms with Gasteiger partial charge in [0.25, 0.3) is 5.91 Å². The van der Waals surface area contributed by atoms with Gasteiger partial charge in [-0.1, -0.05) is 6.07 Å². The summed E-state index contributed by atoms with van der Waals surface area (Å²) in [5.41, 5.74) is 0.610. The number of carbonyl (C=O) groups excluding carboxylic acids is 1. The smallest absolute Gasteiger partial charge is 0.257 e. The maximum absolute atomic E-state index is 11.9. The van der Waals surface area contributed by atoms with Gasteiger partial charge in [-0.3, -0.25) is 10.1 Å². The van der Waals surface area contributed by atoms with Crippen molar-refractivity contribution in [2.45, 2.75) is 0 Å². The monoisotopic (exact) mass is 377 g/mol. The normalized spacial score (nSPS) is 10.2. The van der Waals surface area contributed by atoms with Gasteiger partial charge in [-0.05, 0) is 67.1 Å². The molecule has 0 spiro atoms. The van der Waals surface area contributed by atoms with Crippen molar-refractivity contribution in [1.29, 1.82) is 0 Å². The minimum Gasteiger partial charge on any atom is -0.361 e. The molecule has 0 aliphatic rings. The van der Waals surface area contributed by atoms with E-state index in [4.69, 9.17) is 12.2 Å². The first-order valence-corrected chi connectivity index (χ1v) is 6.97. The van der Waals surface area contributed by atoms with Gasteiger partial charge in [0.1, 0.15) is 0 Å². The summed E-state index contributed by atoms with van der Waals surface area (Å²) in [4.78, 5) is 13.9. The number of halogens is 1. The highest BCUT2D eigenvalue weighted by atomic mass is 127. The van der Waals surface area contributed by atoms with E-state index in [2.05, 4.69) is 33.2 Å². The predicted octanol–water partition coefficient (Wildman–Crippen LogP) is 1.46. The molecule has 0 unspecified atom stereocenters. The third-order valence-corrected chi connectivity index (χ3v) is 3.08. The van der Waals surface area contributed by atoms with E-state index in [9.17, 15) is 4.79 Å². The number of amides is 1. The van der Waals surface area contributed by atoms with Crippen LogP contribution in [0.3, 0.4) is 0 Å². The lowest BCUT2D eigenvalue weighted by Gasteiger charge is -2.12. The van der Waals surface area contributed by atoms with Crippen LogP contribution in [0.4, 0.5) is 0 Å². The number of hydrogen-bond acceptors (Lipinski definition) is 3. The molecule has 2 N–H and O–H groups in total. The van der Waals surface area contributed by atoms with Crippen LogP contribution in [0.15, 0.2) is 24.3 Å². The van der Waals surface area contributed by atoms with Crippen molar-refractivity contribution in [3.05, 3.63) is 33.4 Å².